The lowest BCUT2D eigenvalue weighted by Crippen LogP contribution is -2.13. The minimum absolute atomic E-state index is 0.185. The molecule has 0 radical (unpaired) electrons. The van der Waals surface area contributed by atoms with Gasteiger partial charge in [0.05, 0.1) is 17.7 Å². The van der Waals surface area contributed by atoms with Crippen LogP contribution >= 0.6 is 11.8 Å². The minimum atomic E-state index is -0.345. The number of esters is 1. The molecule has 136 valence electrons. The Kier molecular flexibility index (Phi) is 7.96. The van der Waals surface area contributed by atoms with E-state index in [1.807, 2.05) is 25.1 Å². The Hall–Kier alpha value is -2.53. The summed E-state index contributed by atoms with van der Waals surface area (Å²) in [6.45, 7) is 6.17. The van der Waals surface area contributed by atoms with Crippen molar-refractivity contribution in [2.45, 2.75) is 24.7 Å². The number of carbonyl (C=O) groups is 2. The maximum atomic E-state index is 12.5. The summed E-state index contributed by atoms with van der Waals surface area (Å²) in [5.74, 6) is 0.206. The lowest BCUT2D eigenvalue weighted by atomic mass is 10.2. The summed E-state index contributed by atoms with van der Waals surface area (Å²) in [6.07, 6.45) is 3.63. The molecule has 4 nitrogen and oxygen atoms in total. The van der Waals surface area contributed by atoms with Gasteiger partial charge in [0.25, 0.3) is 5.91 Å². The third-order valence-electron chi connectivity index (χ3n) is 3.60. The first-order chi connectivity index (χ1) is 12.7. The van der Waals surface area contributed by atoms with E-state index in [1.165, 1.54) is 0 Å². The number of hydrogen-bond acceptors (Lipinski definition) is 4. The number of amides is 1. The quantitative estimate of drug-likeness (QED) is 0.287. The Morgan fingerprint density at radius 2 is 1.88 bits per heavy atom. The molecule has 0 bridgehead atoms. The van der Waals surface area contributed by atoms with Crippen molar-refractivity contribution in [3.63, 3.8) is 0 Å². The molecule has 0 spiro atoms. The second-order valence-corrected chi connectivity index (χ2v) is 6.68. The maximum Gasteiger partial charge on any atom is 0.338 e. The van der Waals surface area contributed by atoms with Gasteiger partial charge in [-0.1, -0.05) is 31.6 Å². The monoisotopic (exact) mass is 369 g/mol. The van der Waals surface area contributed by atoms with Crippen molar-refractivity contribution in [1.82, 2.24) is 0 Å². The summed E-state index contributed by atoms with van der Waals surface area (Å²) < 4.78 is 5.17. The minimum Gasteiger partial charge on any atom is -0.462 e. The van der Waals surface area contributed by atoms with Gasteiger partial charge in [0, 0.05) is 16.3 Å². The molecule has 1 amide bonds. The van der Waals surface area contributed by atoms with Crippen LogP contribution in [0.1, 0.15) is 40.5 Å². The van der Waals surface area contributed by atoms with Gasteiger partial charge in [0.2, 0.25) is 0 Å². The molecule has 0 unspecified atom stereocenters. The van der Waals surface area contributed by atoms with Crippen LogP contribution in [0.3, 0.4) is 0 Å². The average molecular weight is 369 g/mol. The second-order valence-electron chi connectivity index (χ2n) is 5.62. The van der Waals surface area contributed by atoms with E-state index in [0.29, 0.717) is 23.4 Å². The Balaban J connectivity index is 2.01. The van der Waals surface area contributed by atoms with Crippen LogP contribution in [-0.2, 0) is 4.74 Å². The highest BCUT2D eigenvalue weighted by Gasteiger charge is 2.12. The van der Waals surface area contributed by atoms with Gasteiger partial charge in [0.1, 0.15) is 0 Å². The van der Waals surface area contributed by atoms with Crippen molar-refractivity contribution < 1.29 is 14.3 Å². The highest BCUT2D eigenvalue weighted by atomic mass is 32.2. The van der Waals surface area contributed by atoms with Crippen molar-refractivity contribution in [2.75, 3.05) is 17.7 Å². The standard InChI is InChI=1S/C21H23NO3S/c1-3-5-14-25-21(24)16-10-12-17(13-11-16)22-20(23)18-8-6-7-9-19(18)26-15-4-2/h4,6-13H,2-3,5,14-15H2,1H3,(H,22,23). The van der Waals surface area contributed by atoms with Crippen LogP contribution in [0, 0.1) is 0 Å². The Labute approximate surface area is 158 Å². The summed E-state index contributed by atoms with van der Waals surface area (Å²) in [5, 5.41) is 2.86. The number of anilines is 1. The van der Waals surface area contributed by atoms with Gasteiger partial charge in [-0.3, -0.25) is 4.79 Å². The molecule has 0 aliphatic carbocycles. The van der Waals surface area contributed by atoms with Crippen molar-refractivity contribution in [2.24, 2.45) is 0 Å². The van der Waals surface area contributed by atoms with E-state index < -0.39 is 0 Å². The smallest absolute Gasteiger partial charge is 0.338 e. The molecule has 0 aromatic heterocycles. The van der Waals surface area contributed by atoms with Crippen LogP contribution in [0.5, 0.6) is 0 Å². The van der Waals surface area contributed by atoms with Crippen LogP contribution in [0.15, 0.2) is 66.1 Å². The number of thioether (sulfide) groups is 1. The topological polar surface area (TPSA) is 55.4 Å². The van der Waals surface area contributed by atoms with Crippen molar-refractivity contribution in [3.8, 4) is 0 Å². The molecule has 2 aromatic rings. The first kappa shape index (κ1) is 19.8. The predicted molar refractivity (Wildman–Crippen MR) is 107 cm³/mol. The van der Waals surface area contributed by atoms with E-state index in [4.69, 9.17) is 4.74 Å². The molecule has 0 heterocycles. The molecule has 0 aliphatic heterocycles. The second kappa shape index (κ2) is 10.5. The zero-order chi connectivity index (χ0) is 18.8. The third-order valence-corrected chi connectivity index (χ3v) is 4.67. The molecular weight excluding hydrogens is 346 g/mol. The lowest BCUT2D eigenvalue weighted by molar-refractivity contribution is 0.0499. The largest absolute Gasteiger partial charge is 0.462 e. The average Bonchev–Trinajstić information content (AvgIpc) is 2.67. The van der Waals surface area contributed by atoms with Crippen LogP contribution in [-0.4, -0.2) is 24.2 Å². The molecule has 2 aromatic carbocycles. The van der Waals surface area contributed by atoms with Crippen molar-refractivity contribution >= 4 is 29.3 Å². The van der Waals surface area contributed by atoms with Gasteiger partial charge >= 0.3 is 5.97 Å². The number of unbranched alkanes of at least 4 members (excludes halogenated alkanes) is 1. The summed E-state index contributed by atoms with van der Waals surface area (Å²) in [4.78, 5) is 25.4. The molecule has 0 saturated carbocycles. The van der Waals surface area contributed by atoms with E-state index in [2.05, 4.69) is 11.9 Å². The van der Waals surface area contributed by atoms with Crippen molar-refractivity contribution in [1.29, 1.82) is 0 Å². The van der Waals surface area contributed by atoms with Gasteiger partial charge in [-0.25, -0.2) is 4.79 Å². The Morgan fingerprint density at radius 1 is 1.15 bits per heavy atom. The molecule has 0 saturated heterocycles. The molecular formula is C21H23NO3S. The molecule has 0 fully saturated rings. The van der Waals surface area contributed by atoms with Gasteiger partial charge in [0.15, 0.2) is 0 Å². The Bertz CT molecular complexity index is 756. The SMILES string of the molecule is C=CCSc1ccccc1C(=O)Nc1ccc(C(=O)OCCCC)cc1. The molecule has 1 N–H and O–H groups in total. The number of nitrogens with one attached hydrogen (secondary N) is 1. The van der Waals surface area contributed by atoms with Gasteiger partial charge < -0.3 is 10.1 Å². The number of hydrogen-bond donors (Lipinski definition) is 1. The fourth-order valence-corrected chi connectivity index (χ4v) is 3.00. The molecule has 5 heteroatoms. The molecule has 0 atom stereocenters. The fourth-order valence-electron chi connectivity index (χ4n) is 2.21. The first-order valence-electron chi connectivity index (χ1n) is 8.57. The summed E-state index contributed by atoms with van der Waals surface area (Å²) >= 11 is 1.56. The summed E-state index contributed by atoms with van der Waals surface area (Å²) in [6, 6.07) is 14.2. The third kappa shape index (κ3) is 5.77. The molecule has 2 rings (SSSR count). The zero-order valence-corrected chi connectivity index (χ0v) is 15.7. The van der Waals surface area contributed by atoms with Crippen LogP contribution < -0.4 is 5.32 Å². The van der Waals surface area contributed by atoms with Crippen molar-refractivity contribution in [3.05, 3.63) is 72.3 Å². The van der Waals surface area contributed by atoms with E-state index in [1.54, 1.807) is 48.2 Å². The predicted octanol–water partition coefficient (Wildman–Crippen LogP) is 5.17. The number of rotatable bonds is 9. The van der Waals surface area contributed by atoms with Crippen LogP contribution in [0.2, 0.25) is 0 Å². The highest BCUT2D eigenvalue weighted by Crippen LogP contribution is 2.23. The fraction of sp³-hybridized carbons (Fsp3) is 0.238. The highest BCUT2D eigenvalue weighted by molar-refractivity contribution is 7.99. The normalized spacial score (nSPS) is 10.2. The van der Waals surface area contributed by atoms with Crippen LogP contribution in [0.4, 0.5) is 5.69 Å². The molecule has 26 heavy (non-hydrogen) atoms. The van der Waals surface area contributed by atoms with E-state index in [0.717, 1.165) is 23.5 Å². The Morgan fingerprint density at radius 3 is 2.58 bits per heavy atom. The maximum absolute atomic E-state index is 12.5. The number of carbonyl (C=O) groups excluding carboxylic acids is 2. The summed E-state index contributed by atoms with van der Waals surface area (Å²) in [7, 11) is 0. The van der Waals surface area contributed by atoms with E-state index in [-0.39, 0.29) is 11.9 Å². The first-order valence-corrected chi connectivity index (χ1v) is 9.55. The van der Waals surface area contributed by atoms with Gasteiger partial charge in [-0.15, -0.1) is 18.3 Å². The summed E-state index contributed by atoms with van der Waals surface area (Å²) in [5.41, 5.74) is 1.71. The van der Waals surface area contributed by atoms with Gasteiger partial charge in [-0.05, 0) is 42.8 Å². The number of benzene rings is 2. The number of ether oxygens (including phenoxy) is 1. The van der Waals surface area contributed by atoms with E-state index in [9.17, 15) is 9.59 Å². The van der Waals surface area contributed by atoms with Gasteiger partial charge in [-0.2, -0.15) is 0 Å². The van der Waals surface area contributed by atoms with E-state index >= 15 is 0 Å². The van der Waals surface area contributed by atoms with Crippen LogP contribution in [0.25, 0.3) is 0 Å². The lowest BCUT2D eigenvalue weighted by Gasteiger charge is -2.10. The molecule has 0 aliphatic rings. The zero-order valence-electron chi connectivity index (χ0n) is 14.9.